The summed E-state index contributed by atoms with van der Waals surface area (Å²) in [6.07, 6.45) is 18.1. The second kappa shape index (κ2) is 13.6. The van der Waals surface area contributed by atoms with Gasteiger partial charge in [-0.3, -0.25) is 0 Å². The number of hydrogen-bond acceptors (Lipinski definition) is 1. The topological polar surface area (TPSA) is 20.2 Å². The third-order valence-corrected chi connectivity index (χ3v) is 4.91. The maximum Gasteiger partial charge on any atom is 0.0591 e. The van der Waals surface area contributed by atoms with Crippen molar-refractivity contribution in [3.63, 3.8) is 0 Å². The lowest BCUT2D eigenvalue weighted by molar-refractivity contribution is 0.0334. The third kappa shape index (κ3) is 12.2. The molecule has 0 aliphatic rings. The van der Waals surface area contributed by atoms with E-state index >= 15 is 0 Å². The molecule has 0 aromatic heterocycles. The average Bonchev–Trinajstić information content (AvgIpc) is 2.45. The van der Waals surface area contributed by atoms with Gasteiger partial charge in [0.2, 0.25) is 0 Å². The minimum Gasteiger partial charge on any atom is -0.393 e. The second-order valence-corrected chi connectivity index (χ2v) is 7.58. The lowest BCUT2D eigenvalue weighted by Gasteiger charge is -2.30. The van der Waals surface area contributed by atoms with Crippen molar-refractivity contribution in [1.29, 1.82) is 0 Å². The van der Waals surface area contributed by atoms with Gasteiger partial charge in [-0.15, -0.1) is 0 Å². The molecule has 128 valence electrons. The lowest BCUT2D eigenvalue weighted by Crippen LogP contribution is -2.29. The van der Waals surface area contributed by atoms with Gasteiger partial charge in [-0.05, 0) is 18.3 Å². The Bertz CT molecular complexity index is 210. The molecule has 1 atom stereocenters. The van der Waals surface area contributed by atoms with Crippen molar-refractivity contribution in [2.24, 2.45) is 5.41 Å². The first-order valence-corrected chi connectivity index (χ1v) is 9.72. The molecule has 1 nitrogen and oxygen atoms in total. The van der Waals surface area contributed by atoms with Crippen molar-refractivity contribution in [3.05, 3.63) is 0 Å². The molecule has 0 amide bonds. The van der Waals surface area contributed by atoms with Crippen LogP contribution < -0.4 is 0 Å². The van der Waals surface area contributed by atoms with E-state index in [0.29, 0.717) is 0 Å². The summed E-state index contributed by atoms with van der Waals surface area (Å²) in [6.45, 7) is 8.99. The summed E-state index contributed by atoms with van der Waals surface area (Å²) < 4.78 is 0. The summed E-state index contributed by atoms with van der Waals surface area (Å²) in [6, 6.07) is 0. The Morgan fingerprint density at radius 2 is 1.10 bits per heavy atom. The molecule has 1 N–H and O–H groups in total. The Hall–Kier alpha value is -0.0400. The number of hydrogen-bond donors (Lipinski definition) is 1. The first-order valence-electron chi connectivity index (χ1n) is 9.72. The summed E-state index contributed by atoms with van der Waals surface area (Å²) in [5, 5.41) is 10.4. The zero-order valence-electron chi connectivity index (χ0n) is 15.4. The van der Waals surface area contributed by atoms with Crippen molar-refractivity contribution < 1.29 is 5.11 Å². The molecular weight excluding hydrogens is 256 g/mol. The van der Waals surface area contributed by atoms with E-state index in [9.17, 15) is 5.11 Å². The quantitative estimate of drug-likeness (QED) is 0.327. The number of unbranched alkanes of at least 4 members (excludes halogenated alkanes) is 10. The van der Waals surface area contributed by atoms with E-state index in [-0.39, 0.29) is 11.5 Å². The van der Waals surface area contributed by atoms with E-state index in [4.69, 9.17) is 0 Å². The molecule has 0 spiro atoms. The molecule has 0 bridgehead atoms. The molecule has 0 aromatic carbocycles. The predicted molar refractivity (Wildman–Crippen MR) is 95.8 cm³/mol. The van der Waals surface area contributed by atoms with Gasteiger partial charge in [0.1, 0.15) is 0 Å². The standard InChI is InChI=1S/C20H42O/c1-5-7-9-10-11-12-13-14-15-17-19(21)20(3,4)18-16-8-6-2/h19,21H,5-18H2,1-4H3. The van der Waals surface area contributed by atoms with Crippen LogP contribution in [-0.4, -0.2) is 11.2 Å². The van der Waals surface area contributed by atoms with Gasteiger partial charge in [0.25, 0.3) is 0 Å². The van der Waals surface area contributed by atoms with Gasteiger partial charge in [-0.1, -0.05) is 105 Å². The zero-order valence-corrected chi connectivity index (χ0v) is 15.4. The number of rotatable bonds is 15. The number of aliphatic hydroxyl groups is 1. The van der Waals surface area contributed by atoms with Crippen LogP contribution in [0.3, 0.4) is 0 Å². The predicted octanol–water partition coefficient (Wildman–Crippen LogP) is 6.87. The summed E-state index contributed by atoms with van der Waals surface area (Å²) in [7, 11) is 0. The monoisotopic (exact) mass is 298 g/mol. The first kappa shape index (κ1) is 21.0. The molecule has 0 saturated heterocycles. The van der Waals surface area contributed by atoms with Crippen LogP contribution in [0.1, 0.15) is 118 Å². The minimum atomic E-state index is -0.112. The fraction of sp³-hybridized carbons (Fsp3) is 1.00. The van der Waals surface area contributed by atoms with E-state index in [0.717, 1.165) is 6.42 Å². The zero-order chi connectivity index (χ0) is 16.0. The van der Waals surface area contributed by atoms with Gasteiger partial charge in [-0.2, -0.15) is 0 Å². The van der Waals surface area contributed by atoms with Crippen molar-refractivity contribution in [2.75, 3.05) is 0 Å². The second-order valence-electron chi connectivity index (χ2n) is 7.58. The van der Waals surface area contributed by atoms with Gasteiger partial charge in [-0.25, -0.2) is 0 Å². The van der Waals surface area contributed by atoms with Crippen molar-refractivity contribution >= 4 is 0 Å². The summed E-state index contributed by atoms with van der Waals surface area (Å²) in [5.41, 5.74) is 0.106. The fourth-order valence-electron chi connectivity index (χ4n) is 3.04. The Balaban J connectivity index is 3.49. The maximum atomic E-state index is 10.4. The fourth-order valence-corrected chi connectivity index (χ4v) is 3.04. The molecule has 0 aliphatic carbocycles. The van der Waals surface area contributed by atoms with E-state index in [1.54, 1.807) is 0 Å². The first-order chi connectivity index (χ1) is 10.0. The molecule has 1 heteroatoms. The highest BCUT2D eigenvalue weighted by atomic mass is 16.3. The lowest BCUT2D eigenvalue weighted by atomic mass is 9.79. The Morgan fingerprint density at radius 3 is 1.62 bits per heavy atom. The Kier molecular flexibility index (Phi) is 13.6. The third-order valence-electron chi connectivity index (χ3n) is 4.91. The van der Waals surface area contributed by atoms with Crippen molar-refractivity contribution in [3.8, 4) is 0 Å². The molecule has 0 heterocycles. The molecule has 0 aliphatic heterocycles. The molecule has 0 saturated carbocycles. The van der Waals surface area contributed by atoms with E-state index in [1.807, 2.05) is 0 Å². The highest BCUT2D eigenvalue weighted by Gasteiger charge is 2.26. The van der Waals surface area contributed by atoms with E-state index in [2.05, 4.69) is 27.7 Å². The summed E-state index contributed by atoms with van der Waals surface area (Å²) in [4.78, 5) is 0. The van der Waals surface area contributed by atoms with Gasteiger partial charge in [0.15, 0.2) is 0 Å². The number of aliphatic hydroxyl groups excluding tert-OH is 1. The van der Waals surface area contributed by atoms with Gasteiger partial charge >= 0.3 is 0 Å². The van der Waals surface area contributed by atoms with Crippen LogP contribution >= 0.6 is 0 Å². The molecule has 1 unspecified atom stereocenters. The minimum absolute atomic E-state index is 0.106. The van der Waals surface area contributed by atoms with Crippen molar-refractivity contribution in [1.82, 2.24) is 0 Å². The van der Waals surface area contributed by atoms with Gasteiger partial charge in [0.05, 0.1) is 6.10 Å². The van der Waals surface area contributed by atoms with E-state index in [1.165, 1.54) is 83.5 Å². The molecule has 21 heavy (non-hydrogen) atoms. The van der Waals surface area contributed by atoms with Crippen LogP contribution in [0, 0.1) is 5.41 Å². The molecule has 0 aromatic rings. The smallest absolute Gasteiger partial charge is 0.0591 e. The SMILES string of the molecule is CCCCCCCCCCCC(O)C(C)(C)CCCCC. The average molecular weight is 299 g/mol. The van der Waals surface area contributed by atoms with Crippen molar-refractivity contribution in [2.45, 2.75) is 124 Å². The van der Waals surface area contributed by atoms with Gasteiger partial charge in [0, 0.05) is 0 Å². The highest BCUT2D eigenvalue weighted by molar-refractivity contribution is 4.77. The maximum absolute atomic E-state index is 10.4. The molecule has 0 fully saturated rings. The van der Waals surface area contributed by atoms with Crippen LogP contribution in [0.4, 0.5) is 0 Å². The molecular formula is C20H42O. The van der Waals surface area contributed by atoms with Crippen LogP contribution in [0.25, 0.3) is 0 Å². The van der Waals surface area contributed by atoms with Crippen LogP contribution in [0.2, 0.25) is 0 Å². The van der Waals surface area contributed by atoms with Gasteiger partial charge < -0.3 is 5.11 Å². The normalized spacial score (nSPS) is 13.6. The van der Waals surface area contributed by atoms with Crippen LogP contribution in [-0.2, 0) is 0 Å². The Morgan fingerprint density at radius 1 is 0.667 bits per heavy atom. The Labute approximate surface area is 134 Å². The molecule has 0 rings (SSSR count). The summed E-state index contributed by atoms with van der Waals surface area (Å²) >= 11 is 0. The highest BCUT2D eigenvalue weighted by Crippen LogP contribution is 2.30. The van der Waals surface area contributed by atoms with Crippen LogP contribution in [0.5, 0.6) is 0 Å². The largest absolute Gasteiger partial charge is 0.393 e. The summed E-state index contributed by atoms with van der Waals surface area (Å²) in [5.74, 6) is 0. The van der Waals surface area contributed by atoms with E-state index < -0.39 is 0 Å². The van der Waals surface area contributed by atoms with Crippen LogP contribution in [0.15, 0.2) is 0 Å². The molecule has 0 radical (unpaired) electrons.